The number of ketones is 1. The molecule has 0 spiro atoms. The molecule has 0 saturated carbocycles. The molecule has 8 heteroatoms. The molecule has 0 fully saturated rings. The van der Waals surface area contributed by atoms with Crippen LogP contribution in [0, 0.1) is 18.8 Å². The average Bonchev–Trinajstić information content (AvgIpc) is 3.24. The van der Waals surface area contributed by atoms with E-state index in [-0.39, 0.29) is 17.9 Å². The van der Waals surface area contributed by atoms with E-state index in [1.165, 1.54) is 0 Å². The molecule has 5 nitrogen and oxygen atoms in total. The van der Waals surface area contributed by atoms with Gasteiger partial charge in [-0.1, -0.05) is 24.0 Å². The fourth-order valence-electron chi connectivity index (χ4n) is 3.60. The molecule has 0 unspecified atom stereocenters. The van der Waals surface area contributed by atoms with Crippen molar-refractivity contribution in [2.45, 2.75) is 26.1 Å². The van der Waals surface area contributed by atoms with E-state index >= 15 is 0 Å². The van der Waals surface area contributed by atoms with Crippen LogP contribution in [-0.2, 0) is 23.9 Å². The number of aromatic nitrogens is 3. The lowest BCUT2D eigenvalue weighted by Crippen LogP contribution is -2.09. The maximum absolute atomic E-state index is 12.9. The Hall–Kier alpha value is -3.96. The predicted molar refractivity (Wildman–Crippen MR) is 126 cm³/mol. The molecule has 0 N–H and O–H groups in total. The Kier molecular flexibility index (Phi) is 6.99. The molecule has 0 aliphatic carbocycles. The number of imidazole rings is 1. The molecule has 0 amide bonds. The van der Waals surface area contributed by atoms with Crippen LogP contribution >= 0.6 is 0 Å². The highest BCUT2D eigenvalue weighted by atomic mass is 19.4. The van der Waals surface area contributed by atoms with Crippen molar-refractivity contribution < 1.29 is 22.7 Å². The van der Waals surface area contributed by atoms with Crippen LogP contribution in [0.3, 0.4) is 0 Å². The number of nitrogens with zero attached hydrogens (tertiary/aromatic N) is 3. The molecule has 35 heavy (non-hydrogen) atoms. The summed E-state index contributed by atoms with van der Waals surface area (Å²) in [6.45, 7) is 3.17. The molecule has 0 aliphatic heterocycles. The summed E-state index contributed by atoms with van der Waals surface area (Å²) in [6, 6.07) is 12.6. The molecule has 2 heterocycles. The standard InChI is InChI=1S/C27H22F3N3O2/c1-18-3-6-21(26(34)16-23-15-22(9-10-31-23)27(28,29)30)14-20(18)7-4-19-5-8-25-24(13-19)32-17-33(25)11-12-35-2/h3,5-6,8-10,13-15,17H,11-12,16H2,1-2H3. The number of methoxy groups -OCH3 is 1. The number of carbonyl (C=O) groups is 1. The molecular formula is C27H22F3N3O2. The van der Waals surface area contributed by atoms with Crippen LogP contribution in [0.25, 0.3) is 11.0 Å². The van der Waals surface area contributed by atoms with E-state index in [9.17, 15) is 18.0 Å². The lowest BCUT2D eigenvalue weighted by atomic mass is 9.99. The minimum Gasteiger partial charge on any atom is -0.383 e. The number of pyridine rings is 1. The number of rotatable bonds is 6. The zero-order chi connectivity index (χ0) is 25.0. The first-order valence-corrected chi connectivity index (χ1v) is 10.9. The van der Waals surface area contributed by atoms with Crippen LogP contribution < -0.4 is 0 Å². The summed E-state index contributed by atoms with van der Waals surface area (Å²) in [5.74, 6) is 5.88. The smallest absolute Gasteiger partial charge is 0.383 e. The predicted octanol–water partition coefficient (Wildman–Crippen LogP) is 5.23. The summed E-state index contributed by atoms with van der Waals surface area (Å²) in [5, 5.41) is 0. The van der Waals surface area contributed by atoms with Crippen LogP contribution in [0.1, 0.15) is 38.3 Å². The van der Waals surface area contributed by atoms with Gasteiger partial charge >= 0.3 is 6.18 Å². The van der Waals surface area contributed by atoms with Crippen LogP contribution in [0.15, 0.2) is 61.1 Å². The molecule has 2 aromatic heterocycles. The number of aryl methyl sites for hydroxylation is 1. The van der Waals surface area contributed by atoms with Crippen molar-refractivity contribution in [1.29, 1.82) is 0 Å². The zero-order valence-electron chi connectivity index (χ0n) is 19.2. The van der Waals surface area contributed by atoms with Crippen molar-refractivity contribution in [2.24, 2.45) is 0 Å². The van der Waals surface area contributed by atoms with Gasteiger partial charge in [-0.3, -0.25) is 9.78 Å². The van der Waals surface area contributed by atoms with Crippen LogP contribution in [0.4, 0.5) is 13.2 Å². The maximum atomic E-state index is 12.9. The van der Waals surface area contributed by atoms with Gasteiger partial charge in [-0.25, -0.2) is 4.98 Å². The SMILES string of the molecule is COCCn1cnc2cc(C#Cc3cc(C(=O)Cc4cc(C(F)(F)F)ccn4)ccc3C)ccc21. The Labute approximate surface area is 200 Å². The Morgan fingerprint density at radius 1 is 1.06 bits per heavy atom. The van der Waals surface area contributed by atoms with E-state index in [1.807, 2.05) is 29.7 Å². The molecule has 0 atom stereocenters. The number of hydrogen-bond donors (Lipinski definition) is 0. The molecule has 0 bridgehead atoms. The fourth-order valence-corrected chi connectivity index (χ4v) is 3.60. The van der Waals surface area contributed by atoms with Gasteiger partial charge in [0.25, 0.3) is 0 Å². The van der Waals surface area contributed by atoms with E-state index in [2.05, 4.69) is 21.8 Å². The maximum Gasteiger partial charge on any atom is 0.416 e. The lowest BCUT2D eigenvalue weighted by Gasteiger charge is -2.08. The first-order valence-electron chi connectivity index (χ1n) is 10.9. The van der Waals surface area contributed by atoms with E-state index in [0.717, 1.165) is 40.5 Å². The molecule has 2 aromatic carbocycles. The van der Waals surface area contributed by atoms with Gasteiger partial charge in [0.1, 0.15) is 0 Å². The number of benzene rings is 2. The first kappa shape index (κ1) is 24.2. The van der Waals surface area contributed by atoms with Gasteiger partial charge in [0.05, 0.1) is 36.0 Å². The number of carbonyl (C=O) groups excluding carboxylic acids is 1. The number of halogens is 3. The second-order valence-corrected chi connectivity index (χ2v) is 8.05. The minimum atomic E-state index is -4.49. The van der Waals surface area contributed by atoms with E-state index in [0.29, 0.717) is 24.3 Å². The Bertz CT molecular complexity index is 1450. The van der Waals surface area contributed by atoms with E-state index in [4.69, 9.17) is 4.74 Å². The molecule has 0 radical (unpaired) electrons. The summed E-state index contributed by atoms with van der Waals surface area (Å²) in [4.78, 5) is 21.1. The van der Waals surface area contributed by atoms with Crippen molar-refractivity contribution in [2.75, 3.05) is 13.7 Å². The quantitative estimate of drug-likeness (QED) is 0.282. The topological polar surface area (TPSA) is 57.0 Å². The minimum absolute atomic E-state index is 0.0660. The fraction of sp³-hybridized carbons (Fsp3) is 0.222. The average molecular weight is 477 g/mol. The van der Waals surface area contributed by atoms with Crippen molar-refractivity contribution in [1.82, 2.24) is 14.5 Å². The summed E-state index contributed by atoms with van der Waals surface area (Å²) >= 11 is 0. The van der Waals surface area contributed by atoms with Gasteiger partial charge in [0.15, 0.2) is 5.78 Å². The van der Waals surface area contributed by atoms with Gasteiger partial charge < -0.3 is 9.30 Å². The summed E-state index contributed by atoms with van der Waals surface area (Å²) in [7, 11) is 1.65. The van der Waals surface area contributed by atoms with Crippen molar-refractivity contribution >= 4 is 16.8 Å². The largest absolute Gasteiger partial charge is 0.416 e. The van der Waals surface area contributed by atoms with Crippen LogP contribution in [-0.4, -0.2) is 34.0 Å². The Balaban J connectivity index is 1.54. The molecule has 0 aliphatic rings. The number of ether oxygens (including phenoxy) is 1. The number of fused-ring (bicyclic) bond motifs is 1. The monoisotopic (exact) mass is 477 g/mol. The van der Waals surface area contributed by atoms with Gasteiger partial charge in [0.2, 0.25) is 0 Å². The third kappa shape index (κ3) is 5.76. The molecule has 0 saturated heterocycles. The highest BCUT2D eigenvalue weighted by Gasteiger charge is 2.30. The second-order valence-electron chi connectivity index (χ2n) is 8.05. The third-order valence-electron chi connectivity index (χ3n) is 5.54. The molecule has 4 rings (SSSR count). The summed E-state index contributed by atoms with van der Waals surface area (Å²) < 4.78 is 46.0. The van der Waals surface area contributed by atoms with Gasteiger partial charge in [-0.15, -0.1) is 0 Å². The van der Waals surface area contributed by atoms with Gasteiger partial charge in [-0.2, -0.15) is 13.2 Å². The molecule has 178 valence electrons. The third-order valence-corrected chi connectivity index (χ3v) is 5.54. The Morgan fingerprint density at radius 2 is 1.89 bits per heavy atom. The molecule has 4 aromatic rings. The number of alkyl halides is 3. The Morgan fingerprint density at radius 3 is 2.66 bits per heavy atom. The van der Waals surface area contributed by atoms with Gasteiger partial charge in [0, 0.05) is 42.2 Å². The highest BCUT2D eigenvalue weighted by molar-refractivity contribution is 5.97. The normalized spacial score (nSPS) is 11.3. The van der Waals surface area contributed by atoms with Crippen molar-refractivity contribution in [3.8, 4) is 11.8 Å². The zero-order valence-corrected chi connectivity index (χ0v) is 19.2. The highest BCUT2D eigenvalue weighted by Crippen LogP contribution is 2.29. The van der Waals surface area contributed by atoms with E-state index in [1.54, 1.807) is 31.6 Å². The van der Waals surface area contributed by atoms with Crippen LogP contribution in [0.2, 0.25) is 0 Å². The summed E-state index contributed by atoms with van der Waals surface area (Å²) in [5.41, 5.74) is 3.74. The van der Waals surface area contributed by atoms with Crippen molar-refractivity contribution in [3.63, 3.8) is 0 Å². The molecular weight excluding hydrogens is 455 g/mol. The second kappa shape index (κ2) is 10.1. The van der Waals surface area contributed by atoms with Crippen molar-refractivity contribution in [3.05, 3.63) is 94.6 Å². The lowest BCUT2D eigenvalue weighted by molar-refractivity contribution is -0.137. The van der Waals surface area contributed by atoms with E-state index < -0.39 is 11.7 Å². The first-order chi connectivity index (χ1) is 16.7. The van der Waals surface area contributed by atoms with Crippen LogP contribution in [0.5, 0.6) is 0 Å². The summed E-state index contributed by atoms with van der Waals surface area (Å²) in [6.07, 6.45) is -1.89. The number of Topliss-reactive ketones (excluding diaryl/α,β-unsaturated/α-hetero) is 1. The number of hydrogen-bond acceptors (Lipinski definition) is 4. The van der Waals surface area contributed by atoms with Gasteiger partial charge in [-0.05, 0) is 48.9 Å².